The number of unbranched alkanes of at least 4 members (excludes halogenated alkanes) is 4. The number of cyclic esters (lactones) is 1. The number of hydrogen-bond acceptors (Lipinski definition) is 6. The van der Waals surface area contributed by atoms with Crippen LogP contribution in [0.1, 0.15) is 80.7 Å². The van der Waals surface area contributed by atoms with Crippen LogP contribution in [0.3, 0.4) is 0 Å². The molecule has 0 bridgehead atoms. The highest BCUT2D eigenvalue weighted by atomic mass is 16.7. The Hall–Kier alpha value is -4.08. The number of carbonyl (C=O) groups excluding carboxylic acids is 2. The Labute approximate surface area is 272 Å². The summed E-state index contributed by atoms with van der Waals surface area (Å²) >= 11 is 0. The lowest BCUT2D eigenvalue weighted by molar-refractivity contribution is -0.180. The summed E-state index contributed by atoms with van der Waals surface area (Å²) < 4.78 is 23.2. The summed E-state index contributed by atoms with van der Waals surface area (Å²) in [6.45, 7) is 9.07. The topological polar surface area (TPSA) is 98.4 Å². The third kappa shape index (κ3) is 9.96. The summed E-state index contributed by atoms with van der Waals surface area (Å²) in [7, 11) is 0. The van der Waals surface area contributed by atoms with Crippen LogP contribution < -0.4 is 15.4 Å². The Morgan fingerprint density at radius 2 is 1.67 bits per heavy atom. The van der Waals surface area contributed by atoms with Crippen LogP contribution in [0, 0.1) is 6.92 Å². The van der Waals surface area contributed by atoms with Gasteiger partial charge in [-0.3, -0.25) is 0 Å². The second-order valence-electron chi connectivity index (χ2n) is 12.6. The van der Waals surface area contributed by atoms with Gasteiger partial charge in [0, 0.05) is 50.5 Å². The van der Waals surface area contributed by atoms with Crippen molar-refractivity contribution in [1.82, 2.24) is 4.90 Å². The van der Waals surface area contributed by atoms with Crippen LogP contribution in [-0.4, -0.2) is 49.1 Å². The minimum Gasteiger partial charge on any atom is -0.463 e. The monoisotopic (exact) mass is 629 g/mol. The van der Waals surface area contributed by atoms with Crippen LogP contribution in [0.5, 0.6) is 5.75 Å². The first-order valence-electron chi connectivity index (χ1n) is 16.5. The van der Waals surface area contributed by atoms with Crippen molar-refractivity contribution in [3.8, 4) is 5.75 Å². The van der Waals surface area contributed by atoms with Crippen molar-refractivity contribution in [1.29, 1.82) is 0 Å². The number of aryl methyl sites for hydroxylation is 2. The molecule has 0 spiro atoms. The smallest absolute Gasteiger partial charge is 0.410 e. The number of anilines is 2. The summed E-state index contributed by atoms with van der Waals surface area (Å²) in [5.41, 5.74) is 5.84. The van der Waals surface area contributed by atoms with E-state index in [-0.39, 0.29) is 18.2 Å². The Morgan fingerprint density at radius 1 is 0.913 bits per heavy atom. The fourth-order valence-electron chi connectivity index (χ4n) is 5.65. The zero-order valence-electron chi connectivity index (χ0n) is 27.3. The van der Waals surface area contributed by atoms with E-state index in [2.05, 4.69) is 16.7 Å². The molecule has 0 unspecified atom stereocenters. The third-order valence-electron chi connectivity index (χ3n) is 8.24. The lowest BCUT2D eigenvalue weighted by Gasteiger charge is -2.32. The Morgan fingerprint density at radius 3 is 2.50 bits per heavy atom. The predicted octanol–water partition coefficient (Wildman–Crippen LogP) is 8.38. The SMILES string of the molecule is Cc1ccc(NC(=O)Nc2cccc(CCCCOCCCCCCN3C[C@@H](c4ccc5c(c4)COC(C)(C)O5)OC3=O)c2)cc1. The van der Waals surface area contributed by atoms with Crippen LogP contribution in [-0.2, 0) is 27.2 Å². The van der Waals surface area contributed by atoms with E-state index in [1.807, 2.05) is 86.3 Å². The molecule has 46 heavy (non-hydrogen) atoms. The average molecular weight is 630 g/mol. The molecule has 2 heterocycles. The number of ether oxygens (including phenoxy) is 4. The van der Waals surface area contributed by atoms with Crippen LogP contribution in [0.4, 0.5) is 21.0 Å². The molecule has 1 saturated heterocycles. The molecule has 9 nitrogen and oxygen atoms in total. The number of carbonyl (C=O) groups is 2. The highest BCUT2D eigenvalue weighted by Gasteiger charge is 2.33. The van der Waals surface area contributed by atoms with E-state index in [0.717, 1.165) is 92.0 Å². The van der Waals surface area contributed by atoms with Gasteiger partial charge in [-0.2, -0.15) is 0 Å². The van der Waals surface area contributed by atoms with Crippen LogP contribution >= 0.6 is 0 Å². The van der Waals surface area contributed by atoms with Gasteiger partial charge in [0.25, 0.3) is 0 Å². The van der Waals surface area contributed by atoms with Crippen molar-refractivity contribution in [2.75, 3.05) is 36.9 Å². The van der Waals surface area contributed by atoms with Crippen LogP contribution in [0.15, 0.2) is 66.7 Å². The van der Waals surface area contributed by atoms with E-state index in [9.17, 15) is 9.59 Å². The quantitative estimate of drug-likeness (QED) is 0.164. The summed E-state index contributed by atoms with van der Waals surface area (Å²) in [6.07, 6.45) is 6.53. The molecule has 246 valence electrons. The largest absolute Gasteiger partial charge is 0.463 e. The van der Waals surface area contributed by atoms with Crippen LogP contribution in [0.2, 0.25) is 0 Å². The van der Waals surface area contributed by atoms with Crippen molar-refractivity contribution >= 4 is 23.5 Å². The maximum Gasteiger partial charge on any atom is 0.410 e. The van der Waals surface area contributed by atoms with Gasteiger partial charge >= 0.3 is 12.1 Å². The van der Waals surface area contributed by atoms with Crippen molar-refractivity contribution in [2.24, 2.45) is 0 Å². The van der Waals surface area contributed by atoms with E-state index in [1.54, 1.807) is 0 Å². The van der Waals surface area contributed by atoms with Gasteiger partial charge in [-0.15, -0.1) is 0 Å². The summed E-state index contributed by atoms with van der Waals surface area (Å²) in [5.74, 6) is 0.192. The number of amides is 3. The van der Waals surface area contributed by atoms with Gasteiger partial charge in [0.2, 0.25) is 5.79 Å². The minimum absolute atomic E-state index is 0.244. The maximum atomic E-state index is 12.5. The molecule has 2 aliphatic rings. The summed E-state index contributed by atoms with van der Waals surface area (Å²) in [5, 5.41) is 5.78. The van der Waals surface area contributed by atoms with Gasteiger partial charge in [-0.05, 0) is 86.6 Å². The lowest BCUT2D eigenvalue weighted by atomic mass is 10.0. The standard InChI is InChI=1S/C37H47N3O6/c1-27-14-17-31(18-15-27)38-35(41)39-32-13-10-12-28(23-32)11-6-9-22-43-21-8-5-4-7-20-40-25-34(45-36(40)42)29-16-19-33-30(24-29)26-44-37(2,3)46-33/h10,12-19,23-24,34H,4-9,11,20-22,25-26H2,1-3H3,(H2,38,39,41)/t34-/m0/s1. The van der Waals surface area contributed by atoms with E-state index >= 15 is 0 Å². The van der Waals surface area contributed by atoms with Gasteiger partial charge in [0.1, 0.15) is 11.9 Å². The maximum absolute atomic E-state index is 12.5. The summed E-state index contributed by atoms with van der Waals surface area (Å²) in [6, 6.07) is 21.4. The number of nitrogens with zero attached hydrogens (tertiary/aromatic N) is 1. The average Bonchev–Trinajstić information content (AvgIpc) is 3.40. The molecule has 3 aromatic rings. The van der Waals surface area contributed by atoms with Crippen molar-refractivity contribution in [2.45, 2.75) is 84.2 Å². The van der Waals surface area contributed by atoms with Gasteiger partial charge in [-0.25, -0.2) is 9.59 Å². The molecule has 9 heteroatoms. The Balaban J connectivity index is 0.887. The van der Waals surface area contributed by atoms with Crippen LogP contribution in [0.25, 0.3) is 0 Å². The second kappa shape index (κ2) is 16.0. The van der Waals surface area contributed by atoms with E-state index < -0.39 is 5.79 Å². The zero-order chi connectivity index (χ0) is 32.4. The van der Waals surface area contributed by atoms with Gasteiger partial charge in [-0.1, -0.05) is 48.7 Å². The lowest BCUT2D eigenvalue weighted by Crippen LogP contribution is -2.35. The molecule has 3 aromatic carbocycles. The van der Waals surface area contributed by atoms with Gasteiger partial charge in [0.05, 0.1) is 13.2 Å². The molecule has 1 fully saturated rings. The predicted molar refractivity (Wildman–Crippen MR) is 179 cm³/mol. The molecule has 2 aliphatic heterocycles. The zero-order valence-corrected chi connectivity index (χ0v) is 27.3. The molecule has 2 N–H and O–H groups in total. The first-order valence-corrected chi connectivity index (χ1v) is 16.5. The Kier molecular flexibility index (Phi) is 11.5. The first kappa shape index (κ1) is 33.3. The minimum atomic E-state index is -0.629. The molecule has 0 saturated carbocycles. The molecular weight excluding hydrogens is 582 g/mol. The fraction of sp³-hybridized carbons (Fsp3) is 0.459. The van der Waals surface area contributed by atoms with Gasteiger partial charge < -0.3 is 34.5 Å². The fourth-order valence-corrected chi connectivity index (χ4v) is 5.65. The number of rotatable bonds is 15. The van der Waals surface area contributed by atoms with Gasteiger partial charge in [0.15, 0.2) is 0 Å². The first-order chi connectivity index (χ1) is 22.2. The van der Waals surface area contributed by atoms with E-state index in [0.29, 0.717) is 19.7 Å². The molecule has 5 rings (SSSR count). The van der Waals surface area contributed by atoms with E-state index in [4.69, 9.17) is 18.9 Å². The molecule has 1 atom stereocenters. The normalized spacial score (nSPS) is 16.8. The molecule has 0 aliphatic carbocycles. The number of urea groups is 1. The highest BCUT2D eigenvalue weighted by Crippen LogP contribution is 2.35. The van der Waals surface area contributed by atoms with Crippen molar-refractivity contribution in [3.05, 3.63) is 89.0 Å². The second-order valence-corrected chi connectivity index (χ2v) is 12.6. The Bertz CT molecular complexity index is 1460. The number of hydrogen-bond donors (Lipinski definition) is 2. The van der Waals surface area contributed by atoms with Crippen molar-refractivity contribution in [3.63, 3.8) is 0 Å². The molecule has 0 radical (unpaired) electrons. The number of benzene rings is 3. The molecular formula is C37H47N3O6. The highest BCUT2D eigenvalue weighted by molar-refractivity contribution is 5.99. The number of fused-ring (bicyclic) bond motifs is 1. The summed E-state index contributed by atoms with van der Waals surface area (Å²) in [4.78, 5) is 26.6. The third-order valence-corrected chi connectivity index (χ3v) is 8.24. The van der Waals surface area contributed by atoms with E-state index in [1.165, 1.54) is 5.56 Å². The molecule has 0 aromatic heterocycles. The molecule has 3 amide bonds. The number of nitrogens with one attached hydrogen (secondary N) is 2. The van der Waals surface area contributed by atoms with Crippen molar-refractivity contribution < 1.29 is 28.5 Å².